The summed E-state index contributed by atoms with van der Waals surface area (Å²) in [5, 5.41) is 2.47. The molecule has 0 aliphatic carbocycles. The third-order valence-corrected chi connectivity index (χ3v) is 5.44. The maximum absolute atomic E-state index is 12.4. The highest BCUT2D eigenvalue weighted by Gasteiger charge is 2.14. The molecule has 0 spiro atoms. The van der Waals surface area contributed by atoms with Crippen LogP contribution in [-0.4, -0.2) is 9.88 Å². The number of halogens is 2. The molecule has 19 heavy (non-hydrogen) atoms. The standard InChI is InChI=1S/C15H12Br2OS/c16-10-13(12-6-2-1-3-7-12)11-19(18)15-9-5-4-8-14(15)17/h1-9,11H,10H2. The van der Waals surface area contributed by atoms with Gasteiger partial charge in [-0.05, 0) is 33.6 Å². The van der Waals surface area contributed by atoms with Crippen LogP contribution < -0.4 is 0 Å². The molecule has 0 saturated heterocycles. The monoisotopic (exact) mass is 398 g/mol. The topological polar surface area (TPSA) is 23.1 Å². The Balaban J connectivity index is 2.31. The molecule has 0 saturated carbocycles. The van der Waals surface area contributed by atoms with E-state index in [1.165, 1.54) is 0 Å². The van der Waals surface area contributed by atoms with Gasteiger partial charge in [0.15, 0.2) is 4.90 Å². The van der Waals surface area contributed by atoms with Gasteiger partial charge in [-0.1, -0.05) is 58.4 Å². The normalized spacial score (nSPS) is 13.3. The zero-order chi connectivity index (χ0) is 13.7. The van der Waals surface area contributed by atoms with Crippen molar-refractivity contribution in [2.75, 3.05) is 5.33 Å². The Morgan fingerprint density at radius 2 is 1.68 bits per heavy atom. The van der Waals surface area contributed by atoms with E-state index in [0.29, 0.717) is 5.33 Å². The van der Waals surface area contributed by atoms with E-state index in [-0.39, 0.29) is 0 Å². The fourth-order valence-corrected chi connectivity index (χ4v) is 4.17. The van der Waals surface area contributed by atoms with Gasteiger partial charge in [0.2, 0.25) is 0 Å². The number of hydrogen-bond acceptors (Lipinski definition) is 1. The minimum absolute atomic E-state index is 0.674. The summed E-state index contributed by atoms with van der Waals surface area (Å²) in [5.74, 6) is 0. The first-order valence-electron chi connectivity index (χ1n) is 5.69. The molecular weight excluding hydrogens is 388 g/mol. The van der Waals surface area contributed by atoms with Crippen LogP contribution in [-0.2, 0) is 11.2 Å². The van der Waals surface area contributed by atoms with E-state index in [1.807, 2.05) is 54.6 Å². The smallest absolute Gasteiger partial charge is 0.172 e. The molecule has 0 heterocycles. The SMILES string of the molecule is [O-][S+](C=C(CBr)c1ccccc1)c1ccccc1Br. The lowest BCUT2D eigenvalue weighted by atomic mass is 10.1. The molecule has 0 fully saturated rings. The molecule has 0 amide bonds. The van der Waals surface area contributed by atoms with Crippen LogP contribution in [0.3, 0.4) is 0 Å². The van der Waals surface area contributed by atoms with Crippen molar-refractivity contribution in [2.45, 2.75) is 4.90 Å². The van der Waals surface area contributed by atoms with Crippen molar-refractivity contribution >= 4 is 48.6 Å². The van der Waals surface area contributed by atoms with E-state index in [1.54, 1.807) is 5.41 Å². The Morgan fingerprint density at radius 3 is 2.32 bits per heavy atom. The maximum atomic E-state index is 12.4. The zero-order valence-corrected chi connectivity index (χ0v) is 14.0. The first-order valence-corrected chi connectivity index (χ1v) is 8.82. The summed E-state index contributed by atoms with van der Waals surface area (Å²) >= 11 is 5.72. The summed E-state index contributed by atoms with van der Waals surface area (Å²) in [7, 11) is 0. The quantitative estimate of drug-likeness (QED) is 0.524. The Morgan fingerprint density at radius 1 is 1.05 bits per heavy atom. The fourth-order valence-electron chi connectivity index (χ4n) is 1.63. The summed E-state index contributed by atoms with van der Waals surface area (Å²) < 4.78 is 13.3. The largest absolute Gasteiger partial charge is 0.607 e. The second-order valence-electron chi connectivity index (χ2n) is 3.87. The van der Waals surface area contributed by atoms with Gasteiger partial charge in [0.05, 0.1) is 4.47 Å². The molecule has 0 N–H and O–H groups in total. The Hall–Kier alpha value is -0.550. The van der Waals surface area contributed by atoms with Gasteiger partial charge < -0.3 is 4.55 Å². The van der Waals surface area contributed by atoms with Gasteiger partial charge in [-0.2, -0.15) is 0 Å². The van der Waals surface area contributed by atoms with Crippen molar-refractivity contribution in [1.82, 2.24) is 0 Å². The van der Waals surface area contributed by atoms with Gasteiger partial charge in [0.25, 0.3) is 0 Å². The first-order chi connectivity index (χ1) is 9.22. The summed E-state index contributed by atoms with van der Waals surface area (Å²) in [6.07, 6.45) is 0. The first kappa shape index (κ1) is 14.9. The second kappa shape index (κ2) is 7.29. The van der Waals surface area contributed by atoms with E-state index in [4.69, 9.17) is 0 Å². The molecule has 2 rings (SSSR count). The van der Waals surface area contributed by atoms with Crippen LogP contribution in [0, 0.1) is 0 Å². The lowest BCUT2D eigenvalue weighted by Gasteiger charge is -2.09. The van der Waals surface area contributed by atoms with Crippen molar-refractivity contribution in [3.05, 3.63) is 70.0 Å². The lowest BCUT2D eigenvalue weighted by Crippen LogP contribution is -2.00. The van der Waals surface area contributed by atoms with Crippen molar-refractivity contribution in [3.63, 3.8) is 0 Å². The van der Waals surface area contributed by atoms with E-state index in [2.05, 4.69) is 31.9 Å². The maximum Gasteiger partial charge on any atom is 0.172 e. The third-order valence-electron chi connectivity index (χ3n) is 2.59. The highest BCUT2D eigenvalue weighted by atomic mass is 79.9. The Kier molecular flexibility index (Phi) is 5.70. The molecule has 0 aromatic heterocycles. The molecule has 0 aliphatic heterocycles. The molecule has 2 aromatic carbocycles. The molecule has 0 radical (unpaired) electrons. The molecule has 2 aromatic rings. The van der Waals surface area contributed by atoms with Crippen molar-refractivity contribution in [1.29, 1.82) is 0 Å². The van der Waals surface area contributed by atoms with E-state index >= 15 is 0 Å². The second-order valence-corrected chi connectivity index (χ2v) is 6.56. The van der Waals surface area contributed by atoms with Crippen LogP contribution >= 0.6 is 31.9 Å². The molecule has 1 nitrogen and oxygen atoms in total. The third kappa shape index (κ3) is 3.96. The van der Waals surface area contributed by atoms with Crippen LogP contribution in [0.5, 0.6) is 0 Å². The molecule has 1 unspecified atom stereocenters. The van der Waals surface area contributed by atoms with Gasteiger partial charge in [-0.15, -0.1) is 0 Å². The number of rotatable bonds is 4. The highest BCUT2D eigenvalue weighted by Crippen LogP contribution is 2.26. The molecule has 98 valence electrons. The average Bonchev–Trinajstić information content (AvgIpc) is 2.46. The average molecular weight is 400 g/mol. The van der Waals surface area contributed by atoms with Crippen LogP contribution in [0.4, 0.5) is 0 Å². The Bertz CT molecular complexity index is 569. The van der Waals surface area contributed by atoms with Gasteiger partial charge >= 0.3 is 0 Å². The highest BCUT2D eigenvalue weighted by molar-refractivity contribution is 9.10. The van der Waals surface area contributed by atoms with Crippen molar-refractivity contribution in [3.8, 4) is 0 Å². The Labute approximate surface area is 133 Å². The molecular formula is C15H12Br2OS. The minimum Gasteiger partial charge on any atom is -0.607 e. The van der Waals surface area contributed by atoms with Gasteiger partial charge in [0, 0.05) is 22.1 Å². The van der Waals surface area contributed by atoms with E-state index < -0.39 is 11.2 Å². The fraction of sp³-hybridized carbons (Fsp3) is 0.0667. The van der Waals surface area contributed by atoms with Gasteiger partial charge in [-0.3, -0.25) is 0 Å². The van der Waals surface area contributed by atoms with Crippen LogP contribution in [0.1, 0.15) is 5.56 Å². The summed E-state index contributed by atoms with van der Waals surface area (Å²) in [5.41, 5.74) is 2.11. The van der Waals surface area contributed by atoms with Crippen molar-refractivity contribution < 1.29 is 4.55 Å². The molecule has 0 aliphatic rings. The van der Waals surface area contributed by atoms with Crippen molar-refractivity contribution in [2.24, 2.45) is 0 Å². The summed E-state index contributed by atoms with van der Waals surface area (Å²) in [6, 6.07) is 17.5. The van der Waals surface area contributed by atoms with Crippen LogP contribution in [0.2, 0.25) is 0 Å². The summed E-state index contributed by atoms with van der Waals surface area (Å²) in [6.45, 7) is 0. The zero-order valence-electron chi connectivity index (χ0n) is 10.1. The molecule has 1 atom stereocenters. The van der Waals surface area contributed by atoms with Gasteiger partial charge in [-0.25, -0.2) is 0 Å². The number of benzene rings is 2. The number of hydrogen-bond donors (Lipinski definition) is 0. The van der Waals surface area contributed by atoms with Gasteiger partial charge in [0.1, 0.15) is 5.41 Å². The predicted octanol–water partition coefficient (Wildman–Crippen LogP) is 4.99. The van der Waals surface area contributed by atoms with Crippen LogP contribution in [0.25, 0.3) is 5.57 Å². The van der Waals surface area contributed by atoms with Crippen LogP contribution in [0.15, 0.2) is 69.4 Å². The number of alkyl halides is 1. The predicted molar refractivity (Wildman–Crippen MR) is 88.8 cm³/mol. The molecule has 0 bridgehead atoms. The minimum atomic E-state index is -1.16. The van der Waals surface area contributed by atoms with E-state index in [9.17, 15) is 4.55 Å². The summed E-state index contributed by atoms with van der Waals surface area (Å²) in [4.78, 5) is 0.789. The number of allylic oxidation sites excluding steroid dienone is 1. The van der Waals surface area contributed by atoms with E-state index in [0.717, 1.165) is 20.5 Å². The lowest BCUT2D eigenvalue weighted by molar-refractivity contribution is 0.603. The molecule has 4 heteroatoms.